The van der Waals surface area contributed by atoms with Crippen molar-refractivity contribution in [3.63, 3.8) is 0 Å². The van der Waals surface area contributed by atoms with Crippen molar-refractivity contribution in [2.24, 2.45) is 0 Å². The summed E-state index contributed by atoms with van der Waals surface area (Å²) in [7, 11) is 0. The topological polar surface area (TPSA) is 101 Å². The van der Waals surface area contributed by atoms with E-state index in [-0.39, 0.29) is 17.1 Å². The number of rotatable bonds is 4. The molecule has 3 heterocycles. The van der Waals surface area contributed by atoms with Gasteiger partial charge in [0.15, 0.2) is 5.58 Å². The number of oxazole rings is 1. The first-order chi connectivity index (χ1) is 14.8. The molecule has 1 atom stereocenters. The molecule has 1 aromatic carbocycles. The van der Waals surface area contributed by atoms with E-state index in [0.717, 1.165) is 12.1 Å². The van der Waals surface area contributed by atoms with Gasteiger partial charge in [-0.1, -0.05) is 11.6 Å². The fourth-order valence-corrected chi connectivity index (χ4v) is 3.21. The van der Waals surface area contributed by atoms with Crippen molar-refractivity contribution in [3.8, 4) is 17.5 Å². The number of halogens is 4. The maximum absolute atomic E-state index is 13.1. The van der Waals surface area contributed by atoms with E-state index in [1.165, 1.54) is 18.6 Å². The van der Waals surface area contributed by atoms with Gasteiger partial charge in [0.2, 0.25) is 0 Å². The minimum absolute atomic E-state index is 0.00211. The first-order valence-electron chi connectivity index (χ1n) is 8.87. The van der Waals surface area contributed by atoms with E-state index in [9.17, 15) is 13.2 Å². The standard InChI is InChI=1S/C20H12ClF3N6O/c1-10(17-18(27-5-4-26-17)14-3-2-11(8-25)9-28-14)29-19-30-15-6-12(20(22,23)24)13(21)7-16(15)31-19/h2-7,9-10H,1H3,(H,29,30). The van der Waals surface area contributed by atoms with E-state index in [0.29, 0.717) is 22.6 Å². The Morgan fingerprint density at radius 1 is 1.16 bits per heavy atom. The summed E-state index contributed by atoms with van der Waals surface area (Å²) in [5, 5.41) is 11.4. The molecule has 11 heteroatoms. The maximum atomic E-state index is 13.1. The Bertz CT molecular complexity index is 1300. The largest absolute Gasteiger partial charge is 0.423 e. The Morgan fingerprint density at radius 2 is 1.94 bits per heavy atom. The number of anilines is 1. The number of nitrogens with zero attached hydrogens (tertiary/aromatic N) is 5. The smallest absolute Gasteiger partial charge is 0.417 e. The molecule has 31 heavy (non-hydrogen) atoms. The maximum Gasteiger partial charge on any atom is 0.417 e. The van der Waals surface area contributed by atoms with Crippen LogP contribution in [0.25, 0.3) is 22.5 Å². The lowest BCUT2D eigenvalue weighted by molar-refractivity contribution is -0.137. The Labute approximate surface area is 178 Å². The molecule has 0 amide bonds. The molecular weight excluding hydrogens is 433 g/mol. The van der Waals surface area contributed by atoms with Gasteiger partial charge in [0.05, 0.1) is 33.6 Å². The molecule has 7 nitrogen and oxygen atoms in total. The minimum Gasteiger partial charge on any atom is -0.423 e. The van der Waals surface area contributed by atoms with Crippen LogP contribution in [0.3, 0.4) is 0 Å². The normalized spacial score (nSPS) is 12.5. The average molecular weight is 445 g/mol. The lowest BCUT2D eigenvalue weighted by Gasteiger charge is -2.14. The Morgan fingerprint density at radius 3 is 2.61 bits per heavy atom. The third-order valence-electron chi connectivity index (χ3n) is 4.39. The van der Waals surface area contributed by atoms with E-state index >= 15 is 0 Å². The van der Waals surface area contributed by atoms with Gasteiger partial charge in [0.1, 0.15) is 17.3 Å². The van der Waals surface area contributed by atoms with Crippen molar-refractivity contribution in [3.05, 3.63) is 64.7 Å². The summed E-state index contributed by atoms with van der Waals surface area (Å²) in [6, 6.07) is 6.70. The Hall–Kier alpha value is -3.71. The second kappa shape index (κ2) is 7.85. The van der Waals surface area contributed by atoms with Crippen LogP contribution in [-0.4, -0.2) is 19.9 Å². The number of benzene rings is 1. The van der Waals surface area contributed by atoms with Gasteiger partial charge in [-0.15, -0.1) is 0 Å². The zero-order chi connectivity index (χ0) is 22.2. The number of alkyl halides is 3. The number of hydrogen-bond donors (Lipinski definition) is 1. The van der Waals surface area contributed by atoms with Crippen LogP contribution in [0.4, 0.5) is 19.2 Å². The monoisotopic (exact) mass is 444 g/mol. The first kappa shape index (κ1) is 20.6. The molecule has 0 spiro atoms. The molecule has 1 unspecified atom stereocenters. The number of fused-ring (bicyclic) bond motifs is 1. The van der Waals surface area contributed by atoms with Gasteiger partial charge in [-0.3, -0.25) is 15.0 Å². The van der Waals surface area contributed by atoms with E-state index in [1.54, 1.807) is 19.1 Å². The van der Waals surface area contributed by atoms with Crippen molar-refractivity contribution in [2.75, 3.05) is 5.32 Å². The van der Waals surface area contributed by atoms with Gasteiger partial charge in [0.25, 0.3) is 6.01 Å². The van der Waals surface area contributed by atoms with Crippen LogP contribution in [0.15, 0.2) is 47.3 Å². The molecule has 0 radical (unpaired) electrons. The van der Waals surface area contributed by atoms with E-state index in [1.807, 2.05) is 6.07 Å². The molecule has 0 bridgehead atoms. The summed E-state index contributed by atoms with van der Waals surface area (Å²) >= 11 is 5.74. The SMILES string of the molecule is CC(Nc1nc2cc(C(F)(F)F)c(Cl)cc2o1)c1nccnc1-c1ccc(C#N)cn1. The van der Waals surface area contributed by atoms with Crippen LogP contribution in [-0.2, 0) is 6.18 Å². The van der Waals surface area contributed by atoms with Crippen LogP contribution in [0.1, 0.15) is 29.8 Å². The van der Waals surface area contributed by atoms with Crippen LogP contribution < -0.4 is 5.32 Å². The fourth-order valence-electron chi connectivity index (χ4n) is 2.94. The number of pyridine rings is 1. The van der Waals surface area contributed by atoms with Crippen molar-refractivity contribution in [1.29, 1.82) is 5.26 Å². The van der Waals surface area contributed by atoms with Gasteiger partial charge in [-0.05, 0) is 25.1 Å². The van der Waals surface area contributed by atoms with Gasteiger partial charge in [0, 0.05) is 24.7 Å². The third kappa shape index (κ3) is 4.13. The van der Waals surface area contributed by atoms with Crippen molar-refractivity contribution >= 4 is 28.7 Å². The fraction of sp³-hybridized carbons (Fsp3) is 0.150. The van der Waals surface area contributed by atoms with Gasteiger partial charge >= 0.3 is 6.18 Å². The second-order valence-electron chi connectivity index (χ2n) is 6.52. The van der Waals surface area contributed by atoms with E-state index in [4.69, 9.17) is 21.3 Å². The highest BCUT2D eigenvalue weighted by atomic mass is 35.5. The van der Waals surface area contributed by atoms with Gasteiger partial charge < -0.3 is 9.73 Å². The zero-order valence-corrected chi connectivity index (χ0v) is 16.5. The molecule has 4 rings (SSSR count). The molecule has 4 aromatic rings. The highest BCUT2D eigenvalue weighted by Gasteiger charge is 2.34. The molecule has 156 valence electrons. The summed E-state index contributed by atoms with van der Waals surface area (Å²) in [6.45, 7) is 1.76. The van der Waals surface area contributed by atoms with E-state index in [2.05, 4.69) is 25.3 Å². The summed E-state index contributed by atoms with van der Waals surface area (Å²) < 4.78 is 44.7. The van der Waals surface area contributed by atoms with Crippen LogP contribution in [0, 0.1) is 11.3 Å². The number of hydrogen-bond acceptors (Lipinski definition) is 7. The number of aromatic nitrogens is 4. The quantitative estimate of drug-likeness (QED) is 0.450. The van der Waals surface area contributed by atoms with E-state index < -0.39 is 22.8 Å². The third-order valence-corrected chi connectivity index (χ3v) is 4.71. The van der Waals surface area contributed by atoms with Gasteiger partial charge in [-0.25, -0.2) is 0 Å². The molecule has 0 aliphatic heterocycles. The van der Waals surface area contributed by atoms with Crippen molar-refractivity contribution in [1.82, 2.24) is 19.9 Å². The lowest BCUT2D eigenvalue weighted by atomic mass is 10.1. The molecular formula is C20H12ClF3N6O. The Balaban J connectivity index is 1.65. The highest BCUT2D eigenvalue weighted by molar-refractivity contribution is 6.32. The molecule has 3 aromatic heterocycles. The summed E-state index contributed by atoms with van der Waals surface area (Å²) in [5.74, 6) is 0. The summed E-state index contributed by atoms with van der Waals surface area (Å²) in [5.41, 5.74) is 1.04. The zero-order valence-electron chi connectivity index (χ0n) is 15.8. The highest BCUT2D eigenvalue weighted by Crippen LogP contribution is 2.38. The van der Waals surface area contributed by atoms with Gasteiger partial charge in [-0.2, -0.15) is 23.4 Å². The van der Waals surface area contributed by atoms with Crippen LogP contribution >= 0.6 is 11.6 Å². The van der Waals surface area contributed by atoms with Crippen molar-refractivity contribution in [2.45, 2.75) is 19.1 Å². The summed E-state index contributed by atoms with van der Waals surface area (Å²) in [6.07, 6.45) is -0.171. The molecule has 0 saturated heterocycles. The Kier molecular flexibility index (Phi) is 5.20. The molecule has 0 fully saturated rings. The van der Waals surface area contributed by atoms with Crippen LogP contribution in [0.5, 0.6) is 0 Å². The molecule has 0 aliphatic carbocycles. The lowest BCUT2D eigenvalue weighted by Crippen LogP contribution is -2.11. The molecule has 0 aliphatic rings. The van der Waals surface area contributed by atoms with Crippen LogP contribution in [0.2, 0.25) is 5.02 Å². The predicted octanol–water partition coefficient (Wildman–Crippen LogP) is 5.40. The second-order valence-corrected chi connectivity index (χ2v) is 6.92. The predicted molar refractivity (Wildman–Crippen MR) is 106 cm³/mol. The van der Waals surface area contributed by atoms with Crippen molar-refractivity contribution < 1.29 is 17.6 Å². The number of nitrogens with one attached hydrogen (secondary N) is 1. The number of nitriles is 1. The molecule has 1 N–H and O–H groups in total. The summed E-state index contributed by atoms with van der Waals surface area (Å²) in [4.78, 5) is 17.0. The average Bonchev–Trinajstić information content (AvgIpc) is 3.13. The molecule has 0 saturated carbocycles. The minimum atomic E-state index is -4.60. The first-order valence-corrected chi connectivity index (χ1v) is 9.25.